The van der Waals surface area contributed by atoms with E-state index in [0.717, 1.165) is 16.1 Å². The molecule has 2 aliphatic rings. The van der Waals surface area contributed by atoms with Gasteiger partial charge < -0.3 is 5.73 Å². The van der Waals surface area contributed by atoms with Crippen molar-refractivity contribution < 1.29 is 4.39 Å². The van der Waals surface area contributed by atoms with Crippen LogP contribution in [-0.2, 0) is 6.54 Å². The van der Waals surface area contributed by atoms with Crippen LogP contribution >= 0.6 is 0 Å². The van der Waals surface area contributed by atoms with Gasteiger partial charge in [-0.25, -0.2) is 4.39 Å². The molecule has 19 heavy (non-hydrogen) atoms. The molecule has 4 heteroatoms. The Morgan fingerprint density at radius 2 is 2.21 bits per heavy atom. The van der Waals surface area contributed by atoms with Crippen LogP contribution in [0.25, 0.3) is 11.6 Å². The average Bonchev–Trinajstić information content (AvgIpc) is 2.84. The SMILES string of the molecule is CC(N)Cn1ncc2c1=CC1=C(F)C=CC(C)(C)C=21. The molecule has 0 spiro atoms. The van der Waals surface area contributed by atoms with Gasteiger partial charge in [0, 0.05) is 22.2 Å². The van der Waals surface area contributed by atoms with Crippen LogP contribution in [0.2, 0.25) is 0 Å². The molecule has 0 radical (unpaired) electrons. The molecule has 0 bridgehead atoms. The second-order valence-electron chi connectivity index (χ2n) is 5.94. The summed E-state index contributed by atoms with van der Waals surface area (Å²) in [6.45, 7) is 6.77. The summed E-state index contributed by atoms with van der Waals surface area (Å²) in [7, 11) is 0. The molecule has 2 N–H and O–H groups in total. The quantitative estimate of drug-likeness (QED) is 0.861. The van der Waals surface area contributed by atoms with E-state index in [-0.39, 0.29) is 17.3 Å². The molecule has 3 rings (SSSR count). The van der Waals surface area contributed by atoms with Crippen LogP contribution in [0.3, 0.4) is 0 Å². The van der Waals surface area contributed by atoms with Crippen molar-refractivity contribution in [3.05, 3.63) is 40.3 Å². The Kier molecular flexibility index (Phi) is 2.54. The molecule has 0 fully saturated rings. The first-order valence-electron chi connectivity index (χ1n) is 6.53. The van der Waals surface area contributed by atoms with Gasteiger partial charge in [0.25, 0.3) is 0 Å². The number of nitrogens with two attached hydrogens (primary N) is 1. The van der Waals surface area contributed by atoms with Crippen molar-refractivity contribution in [2.75, 3.05) is 0 Å². The Hall–Kier alpha value is -1.68. The number of hydrogen-bond acceptors (Lipinski definition) is 2. The Morgan fingerprint density at radius 1 is 1.47 bits per heavy atom. The van der Waals surface area contributed by atoms with Gasteiger partial charge in [-0.15, -0.1) is 0 Å². The molecule has 1 aromatic rings. The average molecular weight is 259 g/mol. The van der Waals surface area contributed by atoms with Gasteiger partial charge >= 0.3 is 0 Å². The van der Waals surface area contributed by atoms with E-state index in [0.29, 0.717) is 12.1 Å². The van der Waals surface area contributed by atoms with Crippen molar-refractivity contribution in [1.29, 1.82) is 0 Å². The molecule has 1 aromatic heterocycles. The zero-order chi connectivity index (χ0) is 13.8. The summed E-state index contributed by atoms with van der Waals surface area (Å²) in [6, 6.07) is 0.0231. The fourth-order valence-corrected chi connectivity index (χ4v) is 2.85. The highest BCUT2D eigenvalue weighted by atomic mass is 19.1. The van der Waals surface area contributed by atoms with Crippen LogP contribution in [0.15, 0.2) is 29.7 Å². The van der Waals surface area contributed by atoms with E-state index >= 15 is 0 Å². The lowest BCUT2D eigenvalue weighted by molar-refractivity contribution is 0.527. The van der Waals surface area contributed by atoms with Gasteiger partial charge in [-0.05, 0) is 24.6 Å². The van der Waals surface area contributed by atoms with Gasteiger partial charge in [-0.2, -0.15) is 5.10 Å². The van der Waals surface area contributed by atoms with E-state index < -0.39 is 0 Å². The molecule has 0 saturated heterocycles. The van der Waals surface area contributed by atoms with Gasteiger partial charge in [-0.3, -0.25) is 4.68 Å². The van der Waals surface area contributed by atoms with Crippen molar-refractivity contribution in [3.8, 4) is 0 Å². The summed E-state index contributed by atoms with van der Waals surface area (Å²) in [4.78, 5) is 0. The maximum absolute atomic E-state index is 14.0. The molecular weight excluding hydrogens is 241 g/mol. The number of nitrogens with zero attached hydrogens (tertiary/aromatic N) is 2. The largest absolute Gasteiger partial charge is 0.326 e. The standard InChI is InChI=1S/C15H18FN3/c1-9(17)8-19-13-6-10-12(16)4-5-15(2,3)14(10)11(13)7-18-19/h4-7,9H,8,17H2,1-3H3. The minimum absolute atomic E-state index is 0.0231. The second kappa shape index (κ2) is 3.90. The van der Waals surface area contributed by atoms with Crippen molar-refractivity contribution in [1.82, 2.24) is 9.78 Å². The van der Waals surface area contributed by atoms with E-state index in [1.807, 2.05) is 30.0 Å². The zero-order valence-electron chi connectivity index (χ0n) is 11.4. The maximum Gasteiger partial charge on any atom is 0.130 e. The van der Waals surface area contributed by atoms with Gasteiger partial charge in [0.2, 0.25) is 0 Å². The fraction of sp³-hybridized carbons (Fsp3) is 0.400. The molecule has 0 aromatic carbocycles. The highest BCUT2D eigenvalue weighted by molar-refractivity contribution is 5.87. The summed E-state index contributed by atoms with van der Waals surface area (Å²) in [6.07, 6.45) is 7.18. The smallest absolute Gasteiger partial charge is 0.130 e. The maximum atomic E-state index is 14.0. The molecule has 0 aliphatic heterocycles. The molecule has 100 valence electrons. The molecule has 1 heterocycles. The van der Waals surface area contributed by atoms with Gasteiger partial charge in [0.05, 0.1) is 18.1 Å². The number of hydrogen-bond donors (Lipinski definition) is 1. The van der Waals surface area contributed by atoms with Gasteiger partial charge in [0.15, 0.2) is 0 Å². The van der Waals surface area contributed by atoms with Crippen LogP contribution < -0.4 is 16.3 Å². The van der Waals surface area contributed by atoms with Crippen molar-refractivity contribution >= 4 is 11.6 Å². The topological polar surface area (TPSA) is 43.8 Å². The van der Waals surface area contributed by atoms with Crippen LogP contribution in [0.1, 0.15) is 20.8 Å². The number of halogens is 1. The summed E-state index contributed by atoms with van der Waals surface area (Å²) < 4.78 is 15.9. The molecule has 1 unspecified atom stereocenters. The lowest BCUT2D eigenvalue weighted by Crippen LogP contribution is -2.34. The normalized spacial score (nSPS) is 21.2. The minimum Gasteiger partial charge on any atom is -0.326 e. The number of aromatic nitrogens is 2. The van der Waals surface area contributed by atoms with Crippen molar-refractivity contribution in [2.45, 2.75) is 33.4 Å². The summed E-state index contributed by atoms with van der Waals surface area (Å²) in [5.41, 5.74) is 7.37. The Labute approximate surface area is 111 Å². The van der Waals surface area contributed by atoms with Crippen molar-refractivity contribution in [2.24, 2.45) is 11.1 Å². The van der Waals surface area contributed by atoms with Crippen LogP contribution in [0.4, 0.5) is 4.39 Å². The second-order valence-corrected chi connectivity index (χ2v) is 5.94. The lowest BCUT2D eigenvalue weighted by Gasteiger charge is -2.27. The van der Waals surface area contributed by atoms with Gasteiger partial charge in [0.1, 0.15) is 5.83 Å². The summed E-state index contributed by atoms with van der Waals surface area (Å²) in [5, 5.41) is 6.37. The number of fused-ring (bicyclic) bond motifs is 2. The highest BCUT2D eigenvalue weighted by Gasteiger charge is 2.32. The Bertz CT molecular complexity index is 717. The van der Waals surface area contributed by atoms with Crippen molar-refractivity contribution in [3.63, 3.8) is 0 Å². The first kappa shape index (κ1) is 12.4. The summed E-state index contributed by atoms with van der Waals surface area (Å²) in [5.74, 6) is -0.169. The third-order valence-electron chi connectivity index (χ3n) is 3.71. The third kappa shape index (κ3) is 1.78. The highest BCUT2D eigenvalue weighted by Crippen LogP contribution is 2.41. The van der Waals surface area contributed by atoms with Crippen LogP contribution in [0, 0.1) is 5.41 Å². The molecule has 0 amide bonds. The molecular formula is C15H18FN3. The third-order valence-corrected chi connectivity index (χ3v) is 3.71. The Balaban J connectivity index is 2.28. The number of rotatable bonds is 2. The van der Waals surface area contributed by atoms with Gasteiger partial charge in [-0.1, -0.05) is 19.9 Å². The molecule has 2 aliphatic carbocycles. The van der Waals surface area contributed by atoms with Crippen LogP contribution in [0.5, 0.6) is 0 Å². The Morgan fingerprint density at radius 3 is 2.89 bits per heavy atom. The summed E-state index contributed by atoms with van der Waals surface area (Å²) >= 11 is 0. The lowest BCUT2D eigenvalue weighted by atomic mass is 9.77. The van der Waals surface area contributed by atoms with E-state index in [9.17, 15) is 4.39 Å². The monoisotopic (exact) mass is 259 g/mol. The van der Waals surface area contributed by atoms with Crippen LogP contribution in [-0.4, -0.2) is 15.8 Å². The zero-order valence-corrected chi connectivity index (χ0v) is 11.4. The van der Waals surface area contributed by atoms with E-state index in [1.54, 1.807) is 6.08 Å². The fourth-order valence-electron chi connectivity index (χ4n) is 2.85. The molecule has 3 nitrogen and oxygen atoms in total. The first-order chi connectivity index (χ1) is 8.90. The van der Waals surface area contributed by atoms with E-state index in [2.05, 4.69) is 18.9 Å². The predicted molar refractivity (Wildman–Crippen MR) is 74.1 cm³/mol. The molecule has 0 saturated carbocycles. The molecule has 1 atom stereocenters. The number of allylic oxidation sites excluding steroid dienone is 4. The minimum atomic E-state index is -0.172. The predicted octanol–water partition coefficient (Wildman–Crippen LogP) is 0.995. The van der Waals surface area contributed by atoms with E-state index in [4.69, 9.17) is 5.73 Å². The first-order valence-corrected chi connectivity index (χ1v) is 6.53. The van der Waals surface area contributed by atoms with E-state index in [1.165, 1.54) is 0 Å².